The highest BCUT2D eigenvalue weighted by molar-refractivity contribution is 6.76. The van der Waals surface area contributed by atoms with Crippen molar-refractivity contribution in [1.82, 2.24) is 9.55 Å². The van der Waals surface area contributed by atoms with Gasteiger partial charge in [0, 0.05) is 33.0 Å². The van der Waals surface area contributed by atoms with Crippen molar-refractivity contribution >= 4 is 8.07 Å². The zero-order chi connectivity index (χ0) is 16.4. The second-order valence-electron chi connectivity index (χ2n) is 7.84. The molecule has 3 nitrogen and oxygen atoms in total. The molecule has 2 aromatic rings. The minimum absolute atomic E-state index is 0.417. The zero-order valence-corrected chi connectivity index (χ0v) is 15.8. The SMILES string of the molecule is Cc1cccc2c1CCC2c1nccn1COCC[Si](C)(C)C. The van der Waals surface area contributed by atoms with Gasteiger partial charge in [0.1, 0.15) is 12.6 Å². The summed E-state index contributed by atoms with van der Waals surface area (Å²) in [4.78, 5) is 4.65. The fraction of sp³-hybridized carbons (Fsp3) is 0.526. The van der Waals surface area contributed by atoms with Crippen LogP contribution in [0, 0.1) is 6.92 Å². The third kappa shape index (κ3) is 3.75. The number of fused-ring (bicyclic) bond motifs is 1. The smallest absolute Gasteiger partial charge is 0.123 e. The molecule has 124 valence electrons. The molecule has 4 heteroatoms. The molecule has 1 atom stereocenters. The number of rotatable bonds is 6. The third-order valence-corrected chi connectivity index (χ3v) is 6.50. The summed E-state index contributed by atoms with van der Waals surface area (Å²) in [5, 5.41) is 0. The fourth-order valence-corrected chi connectivity index (χ4v) is 4.14. The average molecular weight is 329 g/mol. The van der Waals surface area contributed by atoms with E-state index in [0.717, 1.165) is 25.3 Å². The topological polar surface area (TPSA) is 27.1 Å². The van der Waals surface area contributed by atoms with Crippen LogP contribution in [0.2, 0.25) is 25.7 Å². The van der Waals surface area contributed by atoms with Crippen molar-refractivity contribution in [2.45, 2.75) is 58.1 Å². The van der Waals surface area contributed by atoms with E-state index in [4.69, 9.17) is 4.74 Å². The number of imidazole rings is 1. The van der Waals surface area contributed by atoms with Crippen molar-refractivity contribution in [1.29, 1.82) is 0 Å². The molecule has 0 saturated heterocycles. The predicted octanol–water partition coefficient (Wildman–Crippen LogP) is 4.58. The van der Waals surface area contributed by atoms with Crippen LogP contribution in [0.1, 0.15) is 34.9 Å². The van der Waals surface area contributed by atoms with Gasteiger partial charge in [0.05, 0.1) is 0 Å². The Hall–Kier alpha value is -1.39. The lowest BCUT2D eigenvalue weighted by Crippen LogP contribution is -2.22. The first kappa shape index (κ1) is 16.5. The van der Waals surface area contributed by atoms with Gasteiger partial charge in [0.25, 0.3) is 0 Å². The highest BCUT2D eigenvalue weighted by atomic mass is 28.3. The van der Waals surface area contributed by atoms with E-state index in [1.165, 1.54) is 22.7 Å². The highest BCUT2D eigenvalue weighted by Crippen LogP contribution is 2.38. The second kappa shape index (κ2) is 6.61. The lowest BCUT2D eigenvalue weighted by molar-refractivity contribution is 0.0846. The zero-order valence-electron chi connectivity index (χ0n) is 14.8. The van der Waals surface area contributed by atoms with Crippen LogP contribution in [0.15, 0.2) is 30.6 Å². The maximum Gasteiger partial charge on any atom is 0.123 e. The van der Waals surface area contributed by atoms with E-state index in [1.54, 1.807) is 0 Å². The largest absolute Gasteiger partial charge is 0.361 e. The minimum atomic E-state index is -1.02. The second-order valence-corrected chi connectivity index (χ2v) is 13.5. The van der Waals surface area contributed by atoms with E-state index < -0.39 is 8.07 Å². The summed E-state index contributed by atoms with van der Waals surface area (Å²) in [6.07, 6.45) is 6.28. The maximum atomic E-state index is 5.92. The lowest BCUT2D eigenvalue weighted by Gasteiger charge is -2.17. The molecular weight excluding hydrogens is 300 g/mol. The molecule has 1 aliphatic rings. The van der Waals surface area contributed by atoms with Gasteiger partial charge in [-0.2, -0.15) is 0 Å². The van der Waals surface area contributed by atoms with Crippen LogP contribution >= 0.6 is 0 Å². The number of nitrogens with zero attached hydrogens (tertiary/aromatic N) is 2. The summed E-state index contributed by atoms with van der Waals surface area (Å²) >= 11 is 0. The predicted molar refractivity (Wildman–Crippen MR) is 97.7 cm³/mol. The molecule has 0 amide bonds. The summed E-state index contributed by atoms with van der Waals surface area (Å²) in [7, 11) is -1.02. The van der Waals surface area contributed by atoms with Gasteiger partial charge in [0.2, 0.25) is 0 Å². The van der Waals surface area contributed by atoms with Gasteiger partial charge in [-0.05, 0) is 42.5 Å². The molecule has 0 radical (unpaired) electrons. The molecule has 1 aliphatic carbocycles. The van der Waals surface area contributed by atoms with Gasteiger partial charge >= 0.3 is 0 Å². The highest BCUT2D eigenvalue weighted by Gasteiger charge is 2.28. The molecule has 0 fully saturated rings. The van der Waals surface area contributed by atoms with Gasteiger partial charge in [-0.3, -0.25) is 0 Å². The molecule has 0 spiro atoms. The van der Waals surface area contributed by atoms with Crippen molar-refractivity contribution in [2.24, 2.45) is 0 Å². The van der Waals surface area contributed by atoms with Crippen LogP contribution in [-0.4, -0.2) is 24.2 Å². The van der Waals surface area contributed by atoms with Gasteiger partial charge in [-0.15, -0.1) is 0 Å². The van der Waals surface area contributed by atoms with Crippen LogP contribution in [-0.2, 0) is 17.9 Å². The van der Waals surface area contributed by atoms with E-state index >= 15 is 0 Å². The van der Waals surface area contributed by atoms with Gasteiger partial charge in [0.15, 0.2) is 0 Å². The average Bonchev–Trinajstić information content (AvgIpc) is 3.09. The first-order valence-corrected chi connectivity index (χ1v) is 12.3. The van der Waals surface area contributed by atoms with Crippen molar-refractivity contribution in [3.8, 4) is 0 Å². The molecule has 1 unspecified atom stereocenters. The van der Waals surface area contributed by atoms with Crippen LogP contribution in [0.3, 0.4) is 0 Å². The number of aryl methyl sites for hydroxylation is 1. The Balaban J connectivity index is 1.70. The van der Waals surface area contributed by atoms with E-state index in [0.29, 0.717) is 12.6 Å². The van der Waals surface area contributed by atoms with Crippen molar-refractivity contribution in [3.63, 3.8) is 0 Å². The van der Waals surface area contributed by atoms with Gasteiger partial charge in [-0.25, -0.2) is 4.98 Å². The van der Waals surface area contributed by atoms with E-state index in [-0.39, 0.29) is 0 Å². The Bertz CT molecular complexity index is 672. The number of ether oxygens (including phenoxy) is 1. The first-order chi connectivity index (χ1) is 11.0. The summed E-state index contributed by atoms with van der Waals surface area (Å²) in [6.45, 7) is 10.8. The normalized spacial score (nSPS) is 17.5. The van der Waals surface area contributed by atoms with Crippen molar-refractivity contribution in [2.75, 3.05) is 6.61 Å². The Morgan fingerprint density at radius 2 is 2.13 bits per heavy atom. The molecule has 3 rings (SSSR count). The molecule has 0 bridgehead atoms. The van der Waals surface area contributed by atoms with Gasteiger partial charge in [-0.1, -0.05) is 37.8 Å². The number of benzene rings is 1. The molecule has 0 aliphatic heterocycles. The summed E-state index contributed by atoms with van der Waals surface area (Å²) in [6, 6.07) is 7.87. The quantitative estimate of drug-likeness (QED) is 0.573. The molecule has 23 heavy (non-hydrogen) atoms. The molecule has 0 saturated carbocycles. The summed E-state index contributed by atoms with van der Waals surface area (Å²) < 4.78 is 8.11. The van der Waals surface area contributed by atoms with E-state index in [2.05, 4.69) is 60.5 Å². The number of aromatic nitrogens is 2. The lowest BCUT2D eigenvalue weighted by atomic mass is 9.98. The van der Waals surface area contributed by atoms with Crippen LogP contribution in [0.25, 0.3) is 0 Å². The van der Waals surface area contributed by atoms with Crippen LogP contribution in [0.4, 0.5) is 0 Å². The van der Waals surface area contributed by atoms with Crippen molar-refractivity contribution in [3.05, 3.63) is 53.1 Å². The number of hydrogen-bond acceptors (Lipinski definition) is 2. The summed E-state index contributed by atoms with van der Waals surface area (Å²) in [5.74, 6) is 1.57. The molecule has 0 N–H and O–H groups in total. The Labute approximate surface area is 140 Å². The van der Waals surface area contributed by atoms with E-state index in [9.17, 15) is 0 Å². The fourth-order valence-electron chi connectivity index (χ4n) is 3.39. The molecule has 1 heterocycles. The standard InChI is InChI=1S/C19H28N2OSi/c1-15-6-5-7-17-16(15)8-9-18(17)19-20-10-11-21(19)14-22-12-13-23(2,3)4/h5-7,10-11,18H,8-9,12-14H2,1-4H3. The molecular formula is C19H28N2OSi. The molecule has 1 aromatic heterocycles. The summed E-state index contributed by atoms with van der Waals surface area (Å²) in [5.41, 5.74) is 4.39. The maximum absolute atomic E-state index is 5.92. The van der Waals surface area contributed by atoms with Gasteiger partial charge < -0.3 is 9.30 Å². The number of hydrogen-bond donors (Lipinski definition) is 0. The minimum Gasteiger partial charge on any atom is -0.361 e. The van der Waals surface area contributed by atoms with Crippen LogP contribution < -0.4 is 0 Å². The Morgan fingerprint density at radius 1 is 1.30 bits per heavy atom. The monoisotopic (exact) mass is 328 g/mol. The van der Waals surface area contributed by atoms with E-state index in [1.807, 2.05) is 6.20 Å². The third-order valence-electron chi connectivity index (χ3n) is 4.79. The first-order valence-electron chi connectivity index (χ1n) is 8.63. The Kier molecular flexibility index (Phi) is 4.73. The molecule has 1 aromatic carbocycles. The Morgan fingerprint density at radius 3 is 2.91 bits per heavy atom. The van der Waals surface area contributed by atoms with Crippen molar-refractivity contribution < 1.29 is 4.74 Å². The van der Waals surface area contributed by atoms with Crippen LogP contribution in [0.5, 0.6) is 0 Å².